The van der Waals surface area contributed by atoms with Gasteiger partial charge in [0.2, 0.25) is 5.88 Å². The maximum absolute atomic E-state index is 13.0. The Bertz CT molecular complexity index is 1440. The van der Waals surface area contributed by atoms with Gasteiger partial charge in [-0.05, 0) is 53.4 Å². The molecule has 0 aromatic heterocycles. The van der Waals surface area contributed by atoms with Gasteiger partial charge in [0.1, 0.15) is 17.9 Å². The quantitative estimate of drug-likeness (QED) is 0.442. The Kier molecular flexibility index (Phi) is 6.86. The molecule has 1 aliphatic carbocycles. The highest BCUT2D eigenvalue weighted by Gasteiger charge is 2.41. The van der Waals surface area contributed by atoms with Crippen LogP contribution < -0.4 is 15.2 Å². The van der Waals surface area contributed by atoms with Crippen LogP contribution in [-0.4, -0.2) is 25.5 Å². The predicted octanol–water partition coefficient (Wildman–Crippen LogP) is 5.28. The maximum Gasteiger partial charge on any atom is 0.340 e. The summed E-state index contributed by atoms with van der Waals surface area (Å²) in [5, 5.41) is 2.31. The molecule has 3 aromatic carbocycles. The van der Waals surface area contributed by atoms with Crippen LogP contribution in [0, 0.1) is 0 Å². The molecule has 2 aliphatic rings. The second kappa shape index (κ2) is 10.4. The van der Waals surface area contributed by atoms with Crippen LogP contribution in [0.2, 0.25) is 0 Å². The van der Waals surface area contributed by atoms with Crippen molar-refractivity contribution in [3.8, 4) is 11.5 Å². The predicted molar refractivity (Wildman–Crippen MR) is 139 cm³/mol. The van der Waals surface area contributed by atoms with Crippen LogP contribution in [0.15, 0.2) is 83.5 Å². The van der Waals surface area contributed by atoms with E-state index < -0.39 is 11.9 Å². The lowest BCUT2D eigenvalue weighted by atomic mass is 9.77. The minimum atomic E-state index is -0.710. The Morgan fingerprint density at radius 1 is 1.00 bits per heavy atom. The summed E-state index contributed by atoms with van der Waals surface area (Å²) in [4.78, 5) is 25.7. The molecular weight excluding hydrogens is 470 g/mol. The van der Waals surface area contributed by atoms with Crippen LogP contribution in [0.1, 0.15) is 43.2 Å². The summed E-state index contributed by atoms with van der Waals surface area (Å²) < 4.78 is 22.8. The summed E-state index contributed by atoms with van der Waals surface area (Å²) in [6.07, 6.45) is 1.65. The molecule has 0 amide bonds. The van der Waals surface area contributed by atoms with Crippen molar-refractivity contribution in [1.29, 1.82) is 0 Å². The van der Waals surface area contributed by atoms with Gasteiger partial charge in [0, 0.05) is 18.4 Å². The zero-order valence-corrected chi connectivity index (χ0v) is 20.9. The molecule has 37 heavy (non-hydrogen) atoms. The van der Waals surface area contributed by atoms with Crippen LogP contribution in [0.4, 0.5) is 0 Å². The van der Waals surface area contributed by atoms with Crippen LogP contribution in [0.5, 0.6) is 11.5 Å². The summed E-state index contributed by atoms with van der Waals surface area (Å²) in [7, 11) is 1.28. The van der Waals surface area contributed by atoms with Crippen LogP contribution in [0.3, 0.4) is 0 Å². The number of carbonyl (C=O) groups excluding carboxylic acids is 2. The number of esters is 1. The molecule has 0 saturated heterocycles. The molecule has 1 heterocycles. The van der Waals surface area contributed by atoms with Crippen molar-refractivity contribution in [3.63, 3.8) is 0 Å². The zero-order valence-electron chi connectivity index (χ0n) is 20.9. The van der Waals surface area contributed by atoms with Crippen molar-refractivity contribution in [2.75, 3.05) is 13.7 Å². The van der Waals surface area contributed by atoms with Gasteiger partial charge in [-0.25, -0.2) is 4.79 Å². The van der Waals surface area contributed by atoms with E-state index in [-0.39, 0.29) is 17.2 Å². The third-order valence-corrected chi connectivity index (χ3v) is 6.70. The monoisotopic (exact) mass is 499 g/mol. The Labute approximate surface area is 215 Å². The highest BCUT2D eigenvalue weighted by atomic mass is 16.5. The third kappa shape index (κ3) is 4.77. The average molecular weight is 500 g/mol. The Balaban J connectivity index is 1.49. The van der Waals surface area contributed by atoms with Gasteiger partial charge >= 0.3 is 5.97 Å². The van der Waals surface area contributed by atoms with E-state index in [1.165, 1.54) is 12.5 Å². The molecule has 0 fully saturated rings. The van der Waals surface area contributed by atoms with E-state index >= 15 is 0 Å². The minimum absolute atomic E-state index is 0.0418. The van der Waals surface area contributed by atoms with E-state index in [2.05, 4.69) is 24.3 Å². The Morgan fingerprint density at radius 3 is 2.59 bits per heavy atom. The highest BCUT2D eigenvalue weighted by Crippen LogP contribution is 2.45. The number of ether oxygens (including phenoxy) is 4. The van der Waals surface area contributed by atoms with Crippen LogP contribution in [-0.2, 0) is 25.7 Å². The van der Waals surface area contributed by atoms with Gasteiger partial charge in [0.15, 0.2) is 17.3 Å². The number of fused-ring (bicyclic) bond motifs is 1. The van der Waals surface area contributed by atoms with Gasteiger partial charge < -0.3 is 24.7 Å². The molecule has 0 saturated carbocycles. The standard InChI is InChI=1S/C30H29NO6/c1-3-35-25-16-21(13-14-23(25)36-17-18-11-12-19-7-4-5-8-20(19)15-18)26-27-22(32)9-6-10-24(27)37-29(31)28(26)30(33)34-2/h4-5,7-8,11-16,26H,3,6,9-10,17,31H2,1-2H3/t26-/m1/s1. The molecule has 0 radical (unpaired) electrons. The van der Waals surface area contributed by atoms with Crippen molar-refractivity contribution in [2.24, 2.45) is 5.73 Å². The van der Waals surface area contributed by atoms with Gasteiger partial charge in [0.25, 0.3) is 0 Å². The van der Waals surface area contributed by atoms with Crippen LogP contribution >= 0.6 is 0 Å². The number of hydrogen-bond donors (Lipinski definition) is 1. The van der Waals surface area contributed by atoms with Crippen molar-refractivity contribution in [3.05, 3.63) is 94.6 Å². The van der Waals surface area contributed by atoms with Crippen molar-refractivity contribution in [1.82, 2.24) is 0 Å². The molecule has 5 rings (SSSR count). The largest absolute Gasteiger partial charge is 0.490 e. The van der Waals surface area contributed by atoms with Gasteiger partial charge in [-0.2, -0.15) is 0 Å². The van der Waals surface area contributed by atoms with Gasteiger partial charge in [-0.1, -0.05) is 42.5 Å². The fourth-order valence-corrected chi connectivity index (χ4v) is 4.98. The molecule has 1 atom stereocenters. The van der Waals surface area contributed by atoms with Crippen molar-refractivity contribution < 1.29 is 28.5 Å². The number of Topliss-reactive ketones (excluding diaryl/α,β-unsaturated/α-hetero) is 1. The number of benzene rings is 3. The molecule has 190 valence electrons. The van der Waals surface area contributed by atoms with E-state index in [1.54, 1.807) is 12.1 Å². The summed E-state index contributed by atoms with van der Waals surface area (Å²) in [6, 6.07) is 19.8. The Morgan fingerprint density at radius 2 is 1.81 bits per heavy atom. The van der Waals surface area contributed by atoms with E-state index in [0.717, 1.165) is 10.9 Å². The first kappa shape index (κ1) is 24.4. The zero-order chi connectivity index (χ0) is 25.9. The maximum atomic E-state index is 13.0. The fourth-order valence-electron chi connectivity index (χ4n) is 4.98. The molecular formula is C30H29NO6. The number of rotatable bonds is 7. The minimum Gasteiger partial charge on any atom is -0.490 e. The highest BCUT2D eigenvalue weighted by molar-refractivity contribution is 6.03. The molecule has 7 heteroatoms. The van der Waals surface area contributed by atoms with Crippen molar-refractivity contribution in [2.45, 2.75) is 38.7 Å². The number of hydrogen-bond acceptors (Lipinski definition) is 7. The molecule has 0 unspecified atom stereocenters. The molecule has 3 aromatic rings. The lowest BCUT2D eigenvalue weighted by molar-refractivity contribution is -0.136. The summed E-state index contributed by atoms with van der Waals surface area (Å²) in [6.45, 7) is 2.66. The second-order valence-electron chi connectivity index (χ2n) is 9.03. The van der Waals surface area contributed by atoms with Gasteiger partial charge in [-0.3, -0.25) is 4.79 Å². The lowest BCUT2D eigenvalue weighted by Gasteiger charge is -2.32. The first-order valence-electron chi connectivity index (χ1n) is 12.4. The van der Waals surface area contributed by atoms with Gasteiger partial charge in [0.05, 0.1) is 19.6 Å². The molecule has 1 aliphatic heterocycles. The van der Waals surface area contributed by atoms with E-state index in [0.29, 0.717) is 60.9 Å². The van der Waals surface area contributed by atoms with Gasteiger partial charge in [-0.15, -0.1) is 0 Å². The Hall–Kier alpha value is -4.26. The molecule has 0 spiro atoms. The molecule has 7 nitrogen and oxygen atoms in total. The number of ketones is 1. The number of allylic oxidation sites excluding steroid dienone is 2. The fraction of sp³-hybridized carbons (Fsp3) is 0.267. The number of nitrogens with two attached hydrogens (primary N) is 1. The van der Waals surface area contributed by atoms with Crippen LogP contribution in [0.25, 0.3) is 10.8 Å². The smallest absolute Gasteiger partial charge is 0.340 e. The third-order valence-electron chi connectivity index (χ3n) is 6.70. The van der Waals surface area contributed by atoms with E-state index in [9.17, 15) is 9.59 Å². The SMILES string of the molecule is CCOc1cc([C@H]2C(C(=O)OC)=C(N)OC3=C2C(=O)CCC3)ccc1OCc1ccc2ccccc2c1. The van der Waals surface area contributed by atoms with E-state index in [4.69, 9.17) is 24.7 Å². The summed E-state index contributed by atoms with van der Waals surface area (Å²) in [5.41, 5.74) is 8.44. The second-order valence-corrected chi connectivity index (χ2v) is 9.03. The topological polar surface area (TPSA) is 97.1 Å². The lowest BCUT2D eigenvalue weighted by Crippen LogP contribution is -2.31. The number of carbonyl (C=O) groups is 2. The average Bonchev–Trinajstić information content (AvgIpc) is 2.91. The first-order chi connectivity index (χ1) is 18.0. The van der Waals surface area contributed by atoms with Crippen molar-refractivity contribution >= 4 is 22.5 Å². The summed E-state index contributed by atoms with van der Waals surface area (Å²) >= 11 is 0. The van der Waals surface area contributed by atoms with E-state index in [1.807, 2.05) is 31.2 Å². The molecule has 2 N–H and O–H groups in total. The normalized spacial score (nSPS) is 17.4. The summed E-state index contributed by atoms with van der Waals surface area (Å²) in [5.74, 6) is 0.141. The first-order valence-corrected chi connectivity index (χ1v) is 12.4. The number of methoxy groups -OCH3 is 1. The molecule has 0 bridgehead atoms.